The second-order valence-electron chi connectivity index (χ2n) is 4.16. The van der Waals surface area contributed by atoms with E-state index in [0.717, 1.165) is 11.3 Å². The molecule has 0 aliphatic rings. The predicted molar refractivity (Wildman–Crippen MR) is 75.9 cm³/mol. The molecule has 1 aromatic carbocycles. The molecule has 0 saturated heterocycles. The summed E-state index contributed by atoms with van der Waals surface area (Å²) in [4.78, 5) is 4.25. The summed E-state index contributed by atoms with van der Waals surface area (Å²) in [6.07, 6.45) is 0. The van der Waals surface area contributed by atoms with Crippen LogP contribution in [0.15, 0.2) is 34.8 Å². The van der Waals surface area contributed by atoms with Crippen LogP contribution in [0.1, 0.15) is 11.3 Å². The second kappa shape index (κ2) is 6.12. The van der Waals surface area contributed by atoms with E-state index in [2.05, 4.69) is 26.2 Å². The molecule has 100 valence electrons. The van der Waals surface area contributed by atoms with E-state index in [1.54, 1.807) is 18.2 Å². The van der Waals surface area contributed by atoms with Crippen LogP contribution >= 0.6 is 15.9 Å². The fraction of sp³-hybridized carbons (Fsp3) is 0.214. The Bertz CT molecular complexity index is 590. The summed E-state index contributed by atoms with van der Waals surface area (Å²) in [5, 5.41) is 3.06. The quantitative estimate of drug-likeness (QED) is 0.928. The van der Waals surface area contributed by atoms with E-state index in [9.17, 15) is 4.39 Å². The van der Waals surface area contributed by atoms with Crippen molar-refractivity contribution in [2.45, 2.75) is 13.5 Å². The van der Waals surface area contributed by atoms with Gasteiger partial charge in [0.1, 0.15) is 0 Å². The van der Waals surface area contributed by atoms with Crippen LogP contribution < -0.4 is 10.1 Å². The van der Waals surface area contributed by atoms with Gasteiger partial charge in [-0.05, 0) is 43.8 Å². The minimum atomic E-state index is -0.423. The van der Waals surface area contributed by atoms with Gasteiger partial charge in [-0.25, -0.2) is 9.37 Å². The van der Waals surface area contributed by atoms with Crippen molar-refractivity contribution in [2.24, 2.45) is 0 Å². The lowest BCUT2D eigenvalue weighted by molar-refractivity contribution is 0.425. The van der Waals surface area contributed by atoms with Crippen molar-refractivity contribution in [1.82, 2.24) is 10.3 Å². The molecule has 1 heterocycles. The van der Waals surface area contributed by atoms with Gasteiger partial charge in [0.15, 0.2) is 11.6 Å². The van der Waals surface area contributed by atoms with Gasteiger partial charge in [0.2, 0.25) is 5.88 Å². The highest BCUT2D eigenvalue weighted by molar-refractivity contribution is 9.10. The van der Waals surface area contributed by atoms with E-state index in [1.807, 2.05) is 20.0 Å². The molecule has 2 rings (SSSR count). The summed E-state index contributed by atoms with van der Waals surface area (Å²) in [5.41, 5.74) is 1.88. The van der Waals surface area contributed by atoms with Crippen molar-refractivity contribution >= 4 is 15.9 Å². The summed E-state index contributed by atoms with van der Waals surface area (Å²) in [6, 6.07) is 8.41. The van der Waals surface area contributed by atoms with Crippen molar-refractivity contribution in [3.63, 3.8) is 0 Å². The van der Waals surface area contributed by atoms with Crippen LogP contribution in [0.25, 0.3) is 0 Å². The van der Waals surface area contributed by atoms with Gasteiger partial charge < -0.3 is 10.1 Å². The Hall–Kier alpha value is -1.46. The molecule has 3 nitrogen and oxygen atoms in total. The van der Waals surface area contributed by atoms with Crippen molar-refractivity contribution in [1.29, 1.82) is 0 Å². The van der Waals surface area contributed by atoms with Crippen molar-refractivity contribution in [2.75, 3.05) is 7.05 Å². The normalized spacial score (nSPS) is 10.5. The summed E-state index contributed by atoms with van der Waals surface area (Å²) < 4.78 is 19.9. The average Bonchev–Trinajstić information content (AvgIpc) is 2.32. The SMILES string of the molecule is CNCc1cc(C)nc(Oc2ccc(Br)cc2F)c1. The molecule has 0 fully saturated rings. The number of halogens is 2. The fourth-order valence-electron chi connectivity index (χ4n) is 1.74. The first-order valence-corrected chi connectivity index (χ1v) is 6.63. The molecule has 0 spiro atoms. The third-order valence-electron chi connectivity index (χ3n) is 2.48. The summed E-state index contributed by atoms with van der Waals surface area (Å²) in [6.45, 7) is 2.59. The van der Waals surface area contributed by atoms with Crippen LogP contribution in [0.3, 0.4) is 0 Å². The Kier molecular flexibility index (Phi) is 4.50. The molecule has 0 saturated carbocycles. The number of aryl methyl sites for hydroxylation is 1. The Morgan fingerprint density at radius 1 is 1.32 bits per heavy atom. The third-order valence-corrected chi connectivity index (χ3v) is 2.97. The molecule has 0 bridgehead atoms. The van der Waals surface area contributed by atoms with Gasteiger partial charge >= 0.3 is 0 Å². The van der Waals surface area contributed by atoms with Gasteiger partial charge in [-0.15, -0.1) is 0 Å². The number of ether oxygens (including phenoxy) is 1. The van der Waals surface area contributed by atoms with Crippen molar-refractivity contribution in [3.05, 3.63) is 51.9 Å². The Labute approximate surface area is 119 Å². The predicted octanol–water partition coefficient (Wildman–Crippen LogP) is 3.80. The van der Waals surface area contributed by atoms with E-state index in [0.29, 0.717) is 16.9 Å². The zero-order chi connectivity index (χ0) is 13.8. The molecule has 0 unspecified atom stereocenters. The van der Waals surface area contributed by atoms with Crippen LogP contribution in [0, 0.1) is 12.7 Å². The number of pyridine rings is 1. The van der Waals surface area contributed by atoms with Gasteiger partial charge in [0, 0.05) is 22.8 Å². The minimum Gasteiger partial charge on any atom is -0.436 e. The lowest BCUT2D eigenvalue weighted by Gasteiger charge is -2.09. The number of hydrogen-bond acceptors (Lipinski definition) is 3. The minimum absolute atomic E-state index is 0.164. The molecular formula is C14H14BrFN2O. The van der Waals surface area contributed by atoms with E-state index >= 15 is 0 Å². The van der Waals surface area contributed by atoms with Crippen LogP contribution in [0.5, 0.6) is 11.6 Å². The average molecular weight is 325 g/mol. The van der Waals surface area contributed by atoms with Gasteiger partial charge in [-0.2, -0.15) is 0 Å². The van der Waals surface area contributed by atoms with Gasteiger partial charge in [0.25, 0.3) is 0 Å². The Morgan fingerprint density at radius 2 is 2.11 bits per heavy atom. The molecule has 5 heteroatoms. The molecule has 0 radical (unpaired) electrons. The number of aromatic nitrogens is 1. The lowest BCUT2D eigenvalue weighted by atomic mass is 10.2. The zero-order valence-corrected chi connectivity index (χ0v) is 12.3. The third kappa shape index (κ3) is 3.75. The molecule has 2 aromatic rings. The smallest absolute Gasteiger partial charge is 0.219 e. The number of nitrogens with one attached hydrogen (secondary N) is 1. The standard InChI is InChI=1S/C14H14BrFN2O/c1-9-5-10(8-17-2)6-14(18-9)19-13-4-3-11(15)7-12(13)16/h3-7,17H,8H2,1-2H3. The number of rotatable bonds is 4. The molecule has 0 aliphatic heterocycles. The first-order valence-electron chi connectivity index (χ1n) is 5.83. The molecule has 0 aliphatic carbocycles. The summed E-state index contributed by atoms with van der Waals surface area (Å²) in [7, 11) is 1.87. The number of nitrogens with zero attached hydrogens (tertiary/aromatic N) is 1. The van der Waals surface area contributed by atoms with Crippen LogP contribution in [-0.4, -0.2) is 12.0 Å². The topological polar surface area (TPSA) is 34.2 Å². The molecular weight excluding hydrogens is 311 g/mol. The number of hydrogen-bond donors (Lipinski definition) is 1. The number of benzene rings is 1. The van der Waals surface area contributed by atoms with Crippen LogP contribution in [0.2, 0.25) is 0 Å². The van der Waals surface area contributed by atoms with Gasteiger partial charge in [-0.1, -0.05) is 15.9 Å². The zero-order valence-electron chi connectivity index (χ0n) is 10.7. The maximum Gasteiger partial charge on any atom is 0.219 e. The first kappa shape index (κ1) is 14.0. The molecule has 19 heavy (non-hydrogen) atoms. The van der Waals surface area contributed by atoms with Gasteiger partial charge in [-0.3, -0.25) is 0 Å². The maximum atomic E-state index is 13.7. The molecule has 0 amide bonds. The first-order chi connectivity index (χ1) is 9.08. The molecule has 1 aromatic heterocycles. The van der Waals surface area contributed by atoms with E-state index < -0.39 is 5.82 Å². The highest BCUT2D eigenvalue weighted by atomic mass is 79.9. The highest BCUT2D eigenvalue weighted by Gasteiger charge is 2.07. The highest BCUT2D eigenvalue weighted by Crippen LogP contribution is 2.26. The van der Waals surface area contributed by atoms with Crippen molar-refractivity contribution < 1.29 is 9.13 Å². The van der Waals surface area contributed by atoms with Crippen molar-refractivity contribution in [3.8, 4) is 11.6 Å². The largest absolute Gasteiger partial charge is 0.436 e. The monoisotopic (exact) mass is 324 g/mol. The Balaban J connectivity index is 2.27. The van der Waals surface area contributed by atoms with Crippen LogP contribution in [-0.2, 0) is 6.54 Å². The molecule has 1 N–H and O–H groups in total. The van der Waals surface area contributed by atoms with E-state index in [1.165, 1.54) is 6.07 Å². The fourth-order valence-corrected chi connectivity index (χ4v) is 2.07. The van der Waals surface area contributed by atoms with Crippen LogP contribution in [0.4, 0.5) is 4.39 Å². The second-order valence-corrected chi connectivity index (χ2v) is 5.08. The van der Waals surface area contributed by atoms with E-state index in [-0.39, 0.29) is 5.75 Å². The molecule has 0 atom stereocenters. The Morgan fingerprint density at radius 3 is 2.79 bits per heavy atom. The maximum absolute atomic E-state index is 13.7. The summed E-state index contributed by atoms with van der Waals surface area (Å²) >= 11 is 3.21. The summed E-state index contributed by atoms with van der Waals surface area (Å²) in [5.74, 6) is 0.135. The van der Waals surface area contributed by atoms with Gasteiger partial charge in [0.05, 0.1) is 0 Å². The lowest BCUT2D eigenvalue weighted by Crippen LogP contribution is -2.06. The van der Waals surface area contributed by atoms with E-state index in [4.69, 9.17) is 4.74 Å².